The summed E-state index contributed by atoms with van der Waals surface area (Å²) in [6.07, 6.45) is 3.26. The first kappa shape index (κ1) is 22.2. The molecule has 0 saturated carbocycles. The van der Waals surface area contributed by atoms with Gasteiger partial charge in [-0.25, -0.2) is 0 Å². The number of carbonyl (C=O) groups is 1. The van der Waals surface area contributed by atoms with Gasteiger partial charge in [0.15, 0.2) is 17.3 Å². The summed E-state index contributed by atoms with van der Waals surface area (Å²) >= 11 is 0. The van der Waals surface area contributed by atoms with E-state index >= 15 is 0 Å². The molecule has 0 aliphatic carbocycles. The van der Waals surface area contributed by atoms with Gasteiger partial charge in [-0.3, -0.25) is 9.78 Å². The summed E-state index contributed by atoms with van der Waals surface area (Å²) in [4.78, 5) is 16.8. The highest BCUT2D eigenvalue weighted by atomic mass is 16.5. The summed E-state index contributed by atoms with van der Waals surface area (Å²) in [5.41, 5.74) is 3.42. The lowest BCUT2D eigenvalue weighted by Crippen LogP contribution is -2.12. The molecular weight excluding hydrogens is 466 g/mol. The number of carbonyl (C=O) groups excluding carboxylic acids is 1. The van der Waals surface area contributed by atoms with Crippen LogP contribution in [0, 0.1) is 0 Å². The topological polar surface area (TPSA) is 106 Å². The Morgan fingerprint density at radius 2 is 1.62 bits per heavy atom. The Kier molecular flexibility index (Phi) is 5.62. The van der Waals surface area contributed by atoms with Crippen molar-refractivity contribution in [3.05, 3.63) is 103 Å². The van der Waals surface area contributed by atoms with Gasteiger partial charge < -0.3 is 15.4 Å². The summed E-state index contributed by atoms with van der Waals surface area (Å²) in [6.45, 7) is 0. The molecule has 0 fully saturated rings. The highest BCUT2D eigenvalue weighted by Crippen LogP contribution is 2.30. The van der Waals surface area contributed by atoms with E-state index in [4.69, 9.17) is 9.84 Å². The monoisotopic (exact) mass is 487 g/mol. The van der Waals surface area contributed by atoms with Crippen molar-refractivity contribution in [3.63, 3.8) is 0 Å². The molecule has 3 aromatic heterocycles. The molecule has 0 aliphatic rings. The van der Waals surface area contributed by atoms with E-state index in [0.29, 0.717) is 28.5 Å². The summed E-state index contributed by atoms with van der Waals surface area (Å²) in [5, 5.41) is 21.8. The van der Waals surface area contributed by atoms with E-state index in [9.17, 15) is 4.79 Å². The minimum absolute atomic E-state index is 0.219. The number of pyridine rings is 1. The minimum atomic E-state index is -0.219. The van der Waals surface area contributed by atoms with Gasteiger partial charge in [-0.1, -0.05) is 30.3 Å². The Bertz CT molecular complexity index is 1730. The van der Waals surface area contributed by atoms with Gasteiger partial charge in [-0.2, -0.15) is 4.52 Å². The average Bonchev–Trinajstić information content (AvgIpc) is 3.38. The maximum atomic E-state index is 12.8. The van der Waals surface area contributed by atoms with E-state index in [-0.39, 0.29) is 5.91 Å². The number of hydrogen-bond acceptors (Lipinski definition) is 7. The van der Waals surface area contributed by atoms with Crippen molar-refractivity contribution in [1.29, 1.82) is 0 Å². The lowest BCUT2D eigenvalue weighted by molar-refractivity contribution is 0.102. The molecule has 0 bridgehead atoms. The van der Waals surface area contributed by atoms with E-state index in [0.717, 1.165) is 27.8 Å². The average molecular weight is 488 g/mol. The third-order valence-electron chi connectivity index (χ3n) is 5.94. The van der Waals surface area contributed by atoms with Gasteiger partial charge in [0.1, 0.15) is 5.75 Å². The molecule has 9 heteroatoms. The van der Waals surface area contributed by atoms with E-state index in [1.165, 1.54) is 0 Å². The molecule has 3 aromatic carbocycles. The Hall–Kier alpha value is -5.31. The molecular formula is C28H21N7O2. The first-order valence-electron chi connectivity index (χ1n) is 11.6. The molecule has 0 aliphatic heterocycles. The van der Waals surface area contributed by atoms with Crippen LogP contribution in [0.2, 0.25) is 0 Å². The predicted molar refractivity (Wildman–Crippen MR) is 142 cm³/mol. The molecule has 0 radical (unpaired) electrons. The zero-order valence-corrected chi connectivity index (χ0v) is 19.8. The number of ether oxygens (including phenoxy) is 1. The Balaban J connectivity index is 1.39. The third-order valence-corrected chi connectivity index (χ3v) is 5.94. The van der Waals surface area contributed by atoms with Crippen molar-refractivity contribution in [1.82, 2.24) is 24.8 Å². The largest absolute Gasteiger partial charge is 0.497 e. The van der Waals surface area contributed by atoms with Crippen LogP contribution >= 0.6 is 0 Å². The maximum Gasteiger partial charge on any atom is 0.255 e. The van der Waals surface area contributed by atoms with Gasteiger partial charge in [0, 0.05) is 45.7 Å². The second-order valence-corrected chi connectivity index (χ2v) is 8.28. The van der Waals surface area contributed by atoms with Crippen molar-refractivity contribution >= 4 is 39.5 Å². The van der Waals surface area contributed by atoms with Gasteiger partial charge in [0.2, 0.25) is 0 Å². The zero-order valence-electron chi connectivity index (χ0n) is 19.8. The molecule has 0 atom stereocenters. The molecule has 0 spiro atoms. The second kappa shape index (κ2) is 9.38. The van der Waals surface area contributed by atoms with Gasteiger partial charge in [-0.05, 0) is 54.6 Å². The van der Waals surface area contributed by atoms with Crippen LogP contribution < -0.4 is 15.4 Å². The van der Waals surface area contributed by atoms with Crippen molar-refractivity contribution in [2.75, 3.05) is 17.7 Å². The fraction of sp³-hybridized carbons (Fsp3) is 0.0357. The number of amides is 1. The molecule has 37 heavy (non-hydrogen) atoms. The third kappa shape index (κ3) is 4.30. The number of nitrogens with zero attached hydrogens (tertiary/aromatic N) is 5. The van der Waals surface area contributed by atoms with E-state index < -0.39 is 0 Å². The molecule has 3 heterocycles. The highest BCUT2D eigenvalue weighted by Gasteiger charge is 2.16. The van der Waals surface area contributed by atoms with Crippen LogP contribution in [0.4, 0.5) is 17.2 Å². The smallest absolute Gasteiger partial charge is 0.255 e. The van der Waals surface area contributed by atoms with Gasteiger partial charge in [0.25, 0.3) is 5.91 Å². The van der Waals surface area contributed by atoms with Crippen LogP contribution in [0.5, 0.6) is 5.75 Å². The lowest BCUT2D eigenvalue weighted by atomic mass is 10.1. The number of methoxy groups -OCH3 is 1. The van der Waals surface area contributed by atoms with Crippen molar-refractivity contribution in [2.24, 2.45) is 0 Å². The normalized spacial score (nSPS) is 10.9. The molecule has 9 nitrogen and oxygen atoms in total. The lowest BCUT2D eigenvalue weighted by Gasteiger charge is -2.12. The number of hydrogen-bond donors (Lipinski definition) is 2. The van der Waals surface area contributed by atoms with Crippen molar-refractivity contribution < 1.29 is 9.53 Å². The highest BCUT2D eigenvalue weighted by molar-refractivity contribution is 6.05. The van der Waals surface area contributed by atoms with Gasteiger partial charge >= 0.3 is 0 Å². The fourth-order valence-corrected chi connectivity index (χ4v) is 4.11. The standard InChI is InChI=1S/C28H21N7O2/c1-37-22-11-9-18(10-12-22)26-32-33-27-24-8-3-2-7-23(24)25(34-35(26)27)30-21-6-4-5-19(17-21)28(36)31-20-13-15-29-16-14-20/h2-17H,1H3,(H,30,34)(H,29,31,36). The van der Waals surface area contributed by atoms with Crippen LogP contribution in [0.25, 0.3) is 27.8 Å². The number of nitrogens with one attached hydrogen (secondary N) is 2. The molecule has 0 saturated heterocycles. The fourth-order valence-electron chi connectivity index (χ4n) is 4.11. The maximum absolute atomic E-state index is 12.8. The predicted octanol–water partition coefficient (Wildman–Crippen LogP) is 5.34. The van der Waals surface area contributed by atoms with Gasteiger partial charge in [-0.15, -0.1) is 15.3 Å². The number of benzene rings is 3. The van der Waals surface area contributed by atoms with E-state index in [1.807, 2.05) is 60.7 Å². The molecule has 6 aromatic rings. The number of anilines is 3. The van der Waals surface area contributed by atoms with E-state index in [1.54, 1.807) is 48.3 Å². The molecule has 180 valence electrons. The summed E-state index contributed by atoms with van der Waals surface area (Å²) in [6, 6.07) is 26.2. The summed E-state index contributed by atoms with van der Waals surface area (Å²) < 4.78 is 7.01. The summed E-state index contributed by atoms with van der Waals surface area (Å²) in [5.74, 6) is 1.76. The van der Waals surface area contributed by atoms with Crippen LogP contribution in [0.1, 0.15) is 10.4 Å². The molecule has 2 N–H and O–H groups in total. The second-order valence-electron chi connectivity index (χ2n) is 8.28. The van der Waals surface area contributed by atoms with Gasteiger partial charge in [0.05, 0.1) is 7.11 Å². The molecule has 0 unspecified atom stereocenters. The van der Waals surface area contributed by atoms with Crippen LogP contribution in [0.15, 0.2) is 97.3 Å². The number of aromatic nitrogens is 5. The zero-order chi connectivity index (χ0) is 25.2. The first-order chi connectivity index (χ1) is 18.2. The summed E-state index contributed by atoms with van der Waals surface area (Å²) in [7, 11) is 1.63. The SMILES string of the molecule is COc1ccc(-c2nnc3c4ccccc4c(Nc4cccc(C(=O)Nc5ccncc5)c4)nn23)cc1. The number of rotatable bonds is 6. The molecule has 1 amide bonds. The number of fused-ring (bicyclic) bond motifs is 3. The molecule has 6 rings (SSSR count). The van der Waals surface area contributed by atoms with Crippen molar-refractivity contribution in [3.8, 4) is 17.1 Å². The minimum Gasteiger partial charge on any atom is -0.497 e. The Morgan fingerprint density at radius 3 is 2.41 bits per heavy atom. The van der Waals surface area contributed by atoms with Crippen LogP contribution in [-0.2, 0) is 0 Å². The van der Waals surface area contributed by atoms with Crippen LogP contribution in [0.3, 0.4) is 0 Å². The van der Waals surface area contributed by atoms with Crippen molar-refractivity contribution in [2.45, 2.75) is 0 Å². The quantitative estimate of drug-likeness (QED) is 0.326. The Labute approximate surface area is 211 Å². The first-order valence-corrected chi connectivity index (χ1v) is 11.6. The van der Waals surface area contributed by atoms with Crippen LogP contribution in [-0.4, -0.2) is 37.8 Å². The Morgan fingerprint density at radius 1 is 0.838 bits per heavy atom. The van der Waals surface area contributed by atoms with E-state index in [2.05, 4.69) is 25.8 Å².